The van der Waals surface area contributed by atoms with Crippen LogP contribution in [0.2, 0.25) is 0 Å². The fraction of sp³-hybridized carbons (Fsp3) is 0.176. The number of rotatable bonds is 4. The van der Waals surface area contributed by atoms with Gasteiger partial charge in [0.15, 0.2) is 11.6 Å². The van der Waals surface area contributed by atoms with Gasteiger partial charge >= 0.3 is 0 Å². The van der Waals surface area contributed by atoms with Gasteiger partial charge in [0.05, 0.1) is 12.8 Å². The molecule has 0 amide bonds. The van der Waals surface area contributed by atoms with E-state index in [1.807, 2.05) is 14.1 Å². The van der Waals surface area contributed by atoms with Crippen LogP contribution in [-0.4, -0.2) is 41.1 Å². The van der Waals surface area contributed by atoms with Crippen molar-refractivity contribution in [3.05, 3.63) is 36.3 Å². The van der Waals surface area contributed by atoms with Gasteiger partial charge in [-0.05, 0) is 18.2 Å². The number of hydrogen-bond donors (Lipinski definition) is 2. The zero-order chi connectivity index (χ0) is 18.8. The van der Waals surface area contributed by atoms with Crippen molar-refractivity contribution in [2.45, 2.75) is 0 Å². The van der Waals surface area contributed by atoms with Gasteiger partial charge in [0.25, 0.3) is 0 Å². The molecular formula is C17H18FN7O. The number of nitrogens with zero attached hydrogens (tertiary/aromatic N) is 5. The number of methoxy groups -OCH3 is 1. The number of halogens is 1. The van der Waals surface area contributed by atoms with Gasteiger partial charge in [0.1, 0.15) is 23.0 Å². The summed E-state index contributed by atoms with van der Waals surface area (Å²) >= 11 is 0. The molecule has 3 aromatic rings. The highest BCUT2D eigenvalue weighted by molar-refractivity contribution is 5.72. The minimum absolute atomic E-state index is 0.0970. The summed E-state index contributed by atoms with van der Waals surface area (Å²) in [6.45, 7) is 0. The molecule has 0 saturated heterocycles. The van der Waals surface area contributed by atoms with Crippen molar-refractivity contribution in [3.8, 4) is 28.4 Å². The molecule has 0 radical (unpaired) electrons. The van der Waals surface area contributed by atoms with Gasteiger partial charge in [-0.3, -0.25) is 0 Å². The van der Waals surface area contributed by atoms with E-state index in [2.05, 4.69) is 19.9 Å². The molecule has 3 rings (SSSR count). The van der Waals surface area contributed by atoms with Crippen LogP contribution in [0.3, 0.4) is 0 Å². The Bertz CT molecular complexity index is 962. The van der Waals surface area contributed by atoms with Gasteiger partial charge in [-0.25, -0.2) is 19.3 Å². The Kier molecular flexibility index (Phi) is 4.53. The van der Waals surface area contributed by atoms with Gasteiger partial charge < -0.3 is 21.1 Å². The number of nitrogen functional groups attached to an aromatic ring is 2. The Morgan fingerprint density at radius 3 is 2.50 bits per heavy atom. The largest absolute Gasteiger partial charge is 0.494 e. The van der Waals surface area contributed by atoms with Crippen LogP contribution in [0.15, 0.2) is 30.5 Å². The third kappa shape index (κ3) is 3.18. The quantitative estimate of drug-likeness (QED) is 0.730. The lowest BCUT2D eigenvalue weighted by atomic mass is 10.1. The molecule has 0 aliphatic heterocycles. The standard InChI is InChI=1S/C17H18FN7O/c1-25(2)13-8-11(23-17(20)24-13)15-12(26-3)5-4-10(22-15)9-6-7-21-16(19)14(9)18/h4-8H,1-3H3,(H2,19,21)(H2,20,23,24). The van der Waals surface area contributed by atoms with Crippen molar-refractivity contribution in [1.82, 2.24) is 19.9 Å². The Balaban J connectivity index is 2.20. The highest BCUT2D eigenvalue weighted by atomic mass is 19.1. The summed E-state index contributed by atoms with van der Waals surface area (Å²) in [5.74, 6) is 0.356. The molecule has 3 heterocycles. The van der Waals surface area contributed by atoms with Crippen LogP contribution in [0.1, 0.15) is 0 Å². The second kappa shape index (κ2) is 6.79. The first kappa shape index (κ1) is 17.3. The second-order valence-electron chi connectivity index (χ2n) is 5.67. The van der Waals surface area contributed by atoms with Gasteiger partial charge in [-0.2, -0.15) is 4.98 Å². The molecule has 0 bridgehead atoms. The summed E-state index contributed by atoms with van der Waals surface area (Å²) in [5.41, 5.74) is 12.9. The zero-order valence-electron chi connectivity index (χ0n) is 14.6. The highest BCUT2D eigenvalue weighted by Gasteiger charge is 2.17. The third-order valence-electron chi connectivity index (χ3n) is 3.70. The summed E-state index contributed by atoms with van der Waals surface area (Å²) < 4.78 is 19.7. The van der Waals surface area contributed by atoms with E-state index in [1.54, 1.807) is 23.1 Å². The average Bonchev–Trinajstić information content (AvgIpc) is 2.63. The molecule has 4 N–H and O–H groups in total. The Morgan fingerprint density at radius 1 is 1.04 bits per heavy atom. The van der Waals surface area contributed by atoms with E-state index in [1.165, 1.54) is 19.4 Å². The van der Waals surface area contributed by atoms with Gasteiger partial charge in [0.2, 0.25) is 5.95 Å². The first-order valence-electron chi connectivity index (χ1n) is 7.68. The van der Waals surface area contributed by atoms with Crippen molar-refractivity contribution in [1.29, 1.82) is 0 Å². The van der Waals surface area contributed by atoms with E-state index in [9.17, 15) is 4.39 Å². The van der Waals surface area contributed by atoms with Gasteiger partial charge in [-0.1, -0.05) is 0 Å². The van der Waals surface area contributed by atoms with E-state index in [0.717, 1.165) is 0 Å². The predicted octanol–water partition coefficient (Wildman–Crippen LogP) is 1.98. The average molecular weight is 355 g/mol. The molecular weight excluding hydrogens is 337 g/mol. The Hall–Kier alpha value is -3.49. The minimum atomic E-state index is -0.632. The van der Waals surface area contributed by atoms with Crippen LogP contribution < -0.4 is 21.1 Å². The van der Waals surface area contributed by atoms with Crippen LogP contribution >= 0.6 is 0 Å². The summed E-state index contributed by atoms with van der Waals surface area (Å²) in [6, 6.07) is 6.55. The number of aromatic nitrogens is 4. The number of hydrogen-bond acceptors (Lipinski definition) is 8. The van der Waals surface area contributed by atoms with E-state index < -0.39 is 5.82 Å². The predicted molar refractivity (Wildman–Crippen MR) is 98.2 cm³/mol. The van der Waals surface area contributed by atoms with E-state index in [0.29, 0.717) is 28.6 Å². The minimum Gasteiger partial charge on any atom is -0.494 e. The monoisotopic (exact) mass is 355 g/mol. The van der Waals surface area contributed by atoms with Crippen molar-refractivity contribution < 1.29 is 9.13 Å². The summed E-state index contributed by atoms with van der Waals surface area (Å²) in [6.07, 6.45) is 1.42. The first-order chi connectivity index (χ1) is 12.4. The molecule has 0 spiro atoms. The molecule has 0 aliphatic rings. The van der Waals surface area contributed by atoms with Crippen LogP contribution in [0.25, 0.3) is 22.6 Å². The summed E-state index contributed by atoms with van der Waals surface area (Å²) in [7, 11) is 5.19. The van der Waals surface area contributed by atoms with Crippen molar-refractivity contribution >= 4 is 17.6 Å². The van der Waals surface area contributed by atoms with Crippen molar-refractivity contribution in [3.63, 3.8) is 0 Å². The Morgan fingerprint density at radius 2 is 1.81 bits per heavy atom. The van der Waals surface area contributed by atoms with Gasteiger partial charge in [0, 0.05) is 31.9 Å². The maximum absolute atomic E-state index is 14.3. The zero-order valence-corrected chi connectivity index (χ0v) is 14.6. The lowest BCUT2D eigenvalue weighted by Gasteiger charge is -2.14. The SMILES string of the molecule is COc1ccc(-c2ccnc(N)c2F)nc1-c1cc(N(C)C)nc(N)n1. The number of anilines is 3. The van der Waals surface area contributed by atoms with E-state index in [-0.39, 0.29) is 17.3 Å². The number of ether oxygens (including phenoxy) is 1. The first-order valence-corrected chi connectivity index (χ1v) is 7.68. The van der Waals surface area contributed by atoms with E-state index >= 15 is 0 Å². The van der Waals surface area contributed by atoms with Crippen LogP contribution in [0.4, 0.5) is 22.0 Å². The highest BCUT2D eigenvalue weighted by Crippen LogP contribution is 2.32. The third-order valence-corrected chi connectivity index (χ3v) is 3.70. The molecule has 134 valence electrons. The van der Waals surface area contributed by atoms with Crippen LogP contribution in [0.5, 0.6) is 5.75 Å². The fourth-order valence-electron chi connectivity index (χ4n) is 2.41. The molecule has 26 heavy (non-hydrogen) atoms. The smallest absolute Gasteiger partial charge is 0.222 e. The van der Waals surface area contributed by atoms with E-state index in [4.69, 9.17) is 16.2 Å². The van der Waals surface area contributed by atoms with Crippen molar-refractivity contribution in [2.75, 3.05) is 37.6 Å². The molecule has 3 aromatic heterocycles. The fourth-order valence-corrected chi connectivity index (χ4v) is 2.41. The number of nitrogens with two attached hydrogens (primary N) is 2. The van der Waals surface area contributed by atoms with Crippen LogP contribution in [0, 0.1) is 5.82 Å². The lowest BCUT2D eigenvalue weighted by Crippen LogP contribution is -2.13. The topological polar surface area (TPSA) is 116 Å². The molecule has 0 saturated carbocycles. The maximum Gasteiger partial charge on any atom is 0.222 e. The number of pyridine rings is 2. The molecule has 0 atom stereocenters. The summed E-state index contributed by atoms with van der Waals surface area (Å²) in [5, 5.41) is 0. The Labute approximate surface area is 149 Å². The molecule has 9 heteroatoms. The molecule has 0 aliphatic carbocycles. The lowest BCUT2D eigenvalue weighted by molar-refractivity contribution is 0.414. The summed E-state index contributed by atoms with van der Waals surface area (Å²) in [4.78, 5) is 18.4. The maximum atomic E-state index is 14.3. The second-order valence-corrected chi connectivity index (χ2v) is 5.67. The molecule has 0 aromatic carbocycles. The van der Waals surface area contributed by atoms with Gasteiger partial charge in [-0.15, -0.1) is 0 Å². The van der Waals surface area contributed by atoms with Crippen LogP contribution in [-0.2, 0) is 0 Å². The molecule has 8 nitrogen and oxygen atoms in total. The molecule has 0 unspecified atom stereocenters. The normalized spacial score (nSPS) is 10.6. The molecule has 0 fully saturated rings. The van der Waals surface area contributed by atoms with Crippen molar-refractivity contribution in [2.24, 2.45) is 0 Å².